The van der Waals surface area contributed by atoms with E-state index in [4.69, 9.17) is 0 Å². The van der Waals surface area contributed by atoms with Crippen molar-refractivity contribution in [2.75, 3.05) is 6.61 Å². The molecule has 0 fully saturated rings. The second kappa shape index (κ2) is 7.93. The average Bonchev–Trinajstić information content (AvgIpc) is 2.97. The Morgan fingerprint density at radius 3 is 2.62 bits per heavy atom. The fourth-order valence-electron chi connectivity index (χ4n) is 3.06. The Morgan fingerprint density at radius 1 is 1.19 bits per heavy atom. The lowest BCUT2D eigenvalue weighted by Crippen LogP contribution is -2.39. The number of pyridine rings is 2. The highest BCUT2D eigenvalue weighted by Gasteiger charge is 2.20. The number of hydrogen-bond acceptors (Lipinski definition) is 4. The predicted octanol–water partition coefficient (Wildman–Crippen LogP) is 2.22. The minimum atomic E-state index is -0.359. The number of nitrogens with one attached hydrogen (secondary N) is 1. The van der Waals surface area contributed by atoms with Gasteiger partial charge in [0.05, 0.1) is 18.2 Å². The Labute approximate surface area is 152 Å². The van der Waals surface area contributed by atoms with Crippen LogP contribution in [0.15, 0.2) is 55.0 Å². The monoisotopic (exact) mass is 350 g/mol. The van der Waals surface area contributed by atoms with Crippen LogP contribution < -0.4 is 5.32 Å². The summed E-state index contributed by atoms with van der Waals surface area (Å²) in [4.78, 5) is 21.1. The fourth-order valence-corrected chi connectivity index (χ4v) is 3.06. The molecule has 3 aromatic heterocycles. The molecule has 6 heteroatoms. The number of aliphatic hydroxyl groups is 1. The van der Waals surface area contributed by atoms with Gasteiger partial charge in [-0.15, -0.1) is 0 Å². The summed E-state index contributed by atoms with van der Waals surface area (Å²) >= 11 is 0. The van der Waals surface area contributed by atoms with Crippen molar-refractivity contribution in [1.29, 1.82) is 0 Å². The summed E-state index contributed by atoms with van der Waals surface area (Å²) in [5, 5.41) is 12.6. The van der Waals surface area contributed by atoms with E-state index in [1.165, 1.54) is 0 Å². The van der Waals surface area contributed by atoms with Gasteiger partial charge in [-0.25, -0.2) is 4.98 Å². The number of aliphatic hydroxyl groups excluding tert-OH is 1. The van der Waals surface area contributed by atoms with Crippen molar-refractivity contribution in [3.63, 3.8) is 0 Å². The lowest BCUT2D eigenvalue weighted by Gasteiger charge is -2.16. The molecule has 0 aromatic carbocycles. The summed E-state index contributed by atoms with van der Waals surface area (Å²) in [6.07, 6.45) is 5.67. The molecule has 0 spiro atoms. The van der Waals surface area contributed by atoms with Gasteiger partial charge in [-0.05, 0) is 56.2 Å². The van der Waals surface area contributed by atoms with Crippen molar-refractivity contribution in [1.82, 2.24) is 19.9 Å². The standard InChI is InChI=1S/C20H22N4O2/c1-14-11-18(15(2)24(14)19-5-3-4-8-22-19)20(26)23-17(13-25)12-16-6-9-21-10-7-16/h3-11,17,25H,12-13H2,1-2H3,(H,23,26)/t17-/m0/s1. The zero-order chi connectivity index (χ0) is 18.5. The fraction of sp³-hybridized carbons (Fsp3) is 0.250. The van der Waals surface area contributed by atoms with E-state index in [0.717, 1.165) is 22.8 Å². The van der Waals surface area contributed by atoms with Crippen LogP contribution in [0.2, 0.25) is 0 Å². The van der Waals surface area contributed by atoms with Crippen LogP contribution in [0.1, 0.15) is 27.3 Å². The van der Waals surface area contributed by atoms with Crippen molar-refractivity contribution in [3.05, 3.63) is 77.5 Å². The molecule has 0 bridgehead atoms. The topological polar surface area (TPSA) is 80.0 Å². The number of carbonyl (C=O) groups excluding carboxylic acids is 1. The summed E-state index contributed by atoms with van der Waals surface area (Å²) in [7, 11) is 0. The van der Waals surface area contributed by atoms with Crippen LogP contribution >= 0.6 is 0 Å². The molecule has 134 valence electrons. The van der Waals surface area contributed by atoms with Crippen LogP contribution in [0, 0.1) is 13.8 Å². The summed E-state index contributed by atoms with van der Waals surface area (Å²) < 4.78 is 1.95. The summed E-state index contributed by atoms with van der Waals surface area (Å²) in [5.41, 5.74) is 3.35. The third-order valence-corrected chi connectivity index (χ3v) is 4.34. The van der Waals surface area contributed by atoms with Gasteiger partial charge in [0.25, 0.3) is 5.91 Å². The van der Waals surface area contributed by atoms with E-state index in [-0.39, 0.29) is 18.6 Å². The zero-order valence-corrected chi connectivity index (χ0v) is 14.9. The van der Waals surface area contributed by atoms with Crippen LogP contribution in [0.4, 0.5) is 0 Å². The largest absolute Gasteiger partial charge is 0.394 e. The van der Waals surface area contributed by atoms with Crippen LogP contribution in [0.3, 0.4) is 0 Å². The lowest BCUT2D eigenvalue weighted by molar-refractivity contribution is 0.0916. The van der Waals surface area contributed by atoms with Gasteiger partial charge in [0.15, 0.2) is 0 Å². The highest BCUT2D eigenvalue weighted by molar-refractivity contribution is 5.96. The maximum absolute atomic E-state index is 12.8. The van der Waals surface area contributed by atoms with Crippen molar-refractivity contribution < 1.29 is 9.90 Å². The predicted molar refractivity (Wildman–Crippen MR) is 99.3 cm³/mol. The SMILES string of the molecule is Cc1cc(C(=O)N[C@H](CO)Cc2ccncc2)c(C)n1-c1ccccn1. The Balaban J connectivity index is 1.79. The van der Waals surface area contributed by atoms with Crippen LogP contribution in [-0.2, 0) is 6.42 Å². The Kier molecular flexibility index (Phi) is 5.43. The second-order valence-electron chi connectivity index (χ2n) is 6.22. The summed E-state index contributed by atoms with van der Waals surface area (Å²) in [6.45, 7) is 3.71. The number of rotatable bonds is 6. The normalized spacial score (nSPS) is 12.0. The van der Waals surface area contributed by atoms with E-state index in [1.807, 2.05) is 54.8 Å². The first-order valence-corrected chi connectivity index (χ1v) is 8.51. The van der Waals surface area contributed by atoms with Crippen LogP contribution in [-0.4, -0.2) is 38.2 Å². The highest BCUT2D eigenvalue weighted by Crippen LogP contribution is 2.19. The van der Waals surface area contributed by atoms with Gasteiger partial charge in [0.1, 0.15) is 5.82 Å². The Morgan fingerprint density at radius 2 is 1.96 bits per heavy atom. The summed E-state index contributed by atoms with van der Waals surface area (Å²) in [5.74, 6) is 0.574. The first-order chi connectivity index (χ1) is 12.6. The number of carbonyl (C=O) groups is 1. The van der Waals surface area contributed by atoms with Crippen molar-refractivity contribution in [3.8, 4) is 5.82 Å². The van der Waals surface area contributed by atoms with E-state index in [1.54, 1.807) is 18.6 Å². The van der Waals surface area contributed by atoms with Gasteiger partial charge in [-0.2, -0.15) is 0 Å². The van der Waals surface area contributed by atoms with Gasteiger partial charge in [0, 0.05) is 30.0 Å². The lowest BCUT2D eigenvalue weighted by atomic mass is 10.1. The molecule has 3 heterocycles. The number of amides is 1. The van der Waals surface area contributed by atoms with Gasteiger partial charge >= 0.3 is 0 Å². The molecular formula is C20H22N4O2. The second-order valence-corrected chi connectivity index (χ2v) is 6.22. The smallest absolute Gasteiger partial charge is 0.253 e. The Bertz CT molecular complexity index is 876. The molecule has 0 unspecified atom stereocenters. The van der Waals surface area contributed by atoms with E-state index in [0.29, 0.717) is 12.0 Å². The molecule has 1 atom stereocenters. The van der Waals surface area contributed by atoms with Gasteiger partial charge in [0.2, 0.25) is 0 Å². The first-order valence-electron chi connectivity index (χ1n) is 8.51. The molecule has 0 radical (unpaired) electrons. The maximum atomic E-state index is 12.8. The molecule has 0 aliphatic heterocycles. The molecule has 0 saturated heterocycles. The van der Waals surface area contributed by atoms with Gasteiger partial charge < -0.3 is 15.0 Å². The van der Waals surface area contributed by atoms with E-state index >= 15 is 0 Å². The van der Waals surface area contributed by atoms with Gasteiger partial charge in [-0.3, -0.25) is 9.78 Å². The molecule has 26 heavy (non-hydrogen) atoms. The van der Waals surface area contributed by atoms with Crippen molar-refractivity contribution in [2.45, 2.75) is 26.3 Å². The third-order valence-electron chi connectivity index (χ3n) is 4.34. The molecular weight excluding hydrogens is 328 g/mol. The van der Waals surface area contributed by atoms with Crippen LogP contribution in [0.5, 0.6) is 0 Å². The highest BCUT2D eigenvalue weighted by atomic mass is 16.3. The molecule has 6 nitrogen and oxygen atoms in total. The molecule has 3 rings (SSSR count). The molecule has 0 aliphatic rings. The van der Waals surface area contributed by atoms with Crippen LogP contribution in [0.25, 0.3) is 5.82 Å². The number of aromatic nitrogens is 3. The van der Waals surface area contributed by atoms with E-state index in [2.05, 4.69) is 15.3 Å². The maximum Gasteiger partial charge on any atom is 0.253 e. The summed E-state index contributed by atoms with van der Waals surface area (Å²) in [6, 6.07) is 10.9. The van der Waals surface area contributed by atoms with Gasteiger partial charge in [-0.1, -0.05) is 6.07 Å². The Hall–Kier alpha value is -2.99. The van der Waals surface area contributed by atoms with E-state index < -0.39 is 0 Å². The third kappa shape index (κ3) is 3.81. The number of hydrogen-bond donors (Lipinski definition) is 2. The quantitative estimate of drug-likeness (QED) is 0.714. The number of nitrogens with zero attached hydrogens (tertiary/aromatic N) is 3. The molecule has 3 aromatic rings. The number of aryl methyl sites for hydroxylation is 1. The minimum Gasteiger partial charge on any atom is -0.394 e. The molecule has 1 amide bonds. The van der Waals surface area contributed by atoms with E-state index in [9.17, 15) is 9.90 Å². The molecule has 0 saturated carbocycles. The average molecular weight is 350 g/mol. The molecule has 0 aliphatic carbocycles. The molecule has 2 N–H and O–H groups in total. The minimum absolute atomic E-state index is 0.132. The van der Waals surface area contributed by atoms with Crippen molar-refractivity contribution in [2.24, 2.45) is 0 Å². The first kappa shape index (κ1) is 17.8. The zero-order valence-electron chi connectivity index (χ0n) is 14.9. The van der Waals surface area contributed by atoms with Crippen molar-refractivity contribution >= 4 is 5.91 Å².